The summed E-state index contributed by atoms with van der Waals surface area (Å²) in [5.41, 5.74) is -0.864. The predicted molar refractivity (Wildman–Crippen MR) is 59.5 cm³/mol. The van der Waals surface area contributed by atoms with E-state index in [2.05, 4.69) is 4.98 Å². The molecule has 0 fully saturated rings. The van der Waals surface area contributed by atoms with Gasteiger partial charge in [0, 0.05) is 11.7 Å². The van der Waals surface area contributed by atoms with Crippen molar-refractivity contribution in [3.63, 3.8) is 0 Å². The Bertz CT molecular complexity index is 418. The lowest BCUT2D eigenvalue weighted by atomic mass is 10.1. The highest BCUT2D eigenvalue weighted by molar-refractivity contribution is 6.29. The van der Waals surface area contributed by atoms with E-state index in [0.29, 0.717) is 0 Å². The molecule has 0 aromatic carbocycles. The number of carbonyl (C=O) groups is 1. The van der Waals surface area contributed by atoms with Crippen LogP contribution < -0.4 is 4.90 Å². The summed E-state index contributed by atoms with van der Waals surface area (Å²) in [6, 6.07) is 1.28. The average Bonchev–Trinajstić information content (AvgIpc) is 2.09. The summed E-state index contributed by atoms with van der Waals surface area (Å²) < 4.78 is 13.6. The molecule has 88 valence electrons. The summed E-state index contributed by atoms with van der Waals surface area (Å²) in [7, 11) is 0. The topological polar surface area (TPSA) is 53.4 Å². The first-order valence-electron chi connectivity index (χ1n) is 4.58. The molecule has 16 heavy (non-hydrogen) atoms. The van der Waals surface area contributed by atoms with Gasteiger partial charge in [-0.1, -0.05) is 11.6 Å². The Balaban J connectivity index is 3.33. The second-order valence-electron chi connectivity index (χ2n) is 4.22. The molecule has 1 N–H and O–H groups in total. The number of rotatable bonds is 1. The van der Waals surface area contributed by atoms with Crippen molar-refractivity contribution in [2.45, 2.75) is 26.3 Å². The molecule has 1 heterocycles. The largest absolute Gasteiger partial charge is 0.465 e. The monoisotopic (exact) mass is 246 g/mol. The molecule has 1 rings (SSSR count). The van der Waals surface area contributed by atoms with Gasteiger partial charge in [-0.15, -0.1) is 0 Å². The zero-order chi connectivity index (χ0) is 12.5. The van der Waals surface area contributed by atoms with Gasteiger partial charge < -0.3 is 5.11 Å². The van der Waals surface area contributed by atoms with E-state index in [9.17, 15) is 9.18 Å². The molecule has 1 aromatic rings. The average molecular weight is 247 g/mol. The molecule has 0 saturated carbocycles. The van der Waals surface area contributed by atoms with Crippen LogP contribution in [0.4, 0.5) is 14.9 Å². The van der Waals surface area contributed by atoms with Crippen LogP contribution in [0.5, 0.6) is 0 Å². The van der Waals surface area contributed by atoms with Crippen LogP contribution in [0.25, 0.3) is 0 Å². The summed E-state index contributed by atoms with van der Waals surface area (Å²) in [6.45, 7) is 4.98. The number of aromatic nitrogens is 1. The van der Waals surface area contributed by atoms with Gasteiger partial charge in [0.15, 0.2) is 11.0 Å². The lowest BCUT2D eigenvalue weighted by Crippen LogP contribution is -2.45. The summed E-state index contributed by atoms with van der Waals surface area (Å²) in [5.74, 6) is -0.832. The molecule has 0 aliphatic heterocycles. The van der Waals surface area contributed by atoms with Crippen molar-refractivity contribution in [3.05, 3.63) is 23.2 Å². The first-order valence-corrected chi connectivity index (χ1v) is 4.96. The van der Waals surface area contributed by atoms with E-state index < -0.39 is 17.4 Å². The molecule has 6 heteroatoms. The number of anilines is 1. The molecular weight excluding hydrogens is 235 g/mol. The molecule has 0 bridgehead atoms. The smallest absolute Gasteiger partial charge is 0.412 e. The van der Waals surface area contributed by atoms with E-state index in [4.69, 9.17) is 16.7 Å². The fourth-order valence-corrected chi connectivity index (χ4v) is 1.49. The number of carboxylic acid groups (broad SMARTS) is 1. The number of amides is 1. The number of nitrogens with zero attached hydrogens (tertiary/aromatic N) is 2. The Kier molecular flexibility index (Phi) is 3.38. The van der Waals surface area contributed by atoms with Gasteiger partial charge in [0.1, 0.15) is 0 Å². The predicted octanol–water partition coefficient (Wildman–Crippen LogP) is 3.16. The first kappa shape index (κ1) is 12.7. The minimum Gasteiger partial charge on any atom is -0.465 e. The van der Waals surface area contributed by atoms with Crippen molar-refractivity contribution in [1.82, 2.24) is 4.98 Å². The summed E-state index contributed by atoms with van der Waals surface area (Å²) in [6.07, 6.45) is 0.0243. The summed E-state index contributed by atoms with van der Waals surface area (Å²) in [5, 5.41) is 8.73. The standard InChI is InChI=1S/C10H12ClFN2O2/c1-10(2,3)14(9(15)16)6-4-5-13-8(11)7(6)12/h4-5H,1-3H3,(H,15,16). The van der Waals surface area contributed by atoms with E-state index in [1.807, 2.05) is 0 Å². The third-order valence-electron chi connectivity index (χ3n) is 1.93. The highest BCUT2D eigenvalue weighted by atomic mass is 35.5. The minimum atomic E-state index is -1.24. The van der Waals surface area contributed by atoms with E-state index in [0.717, 1.165) is 4.90 Å². The minimum absolute atomic E-state index is 0.0972. The van der Waals surface area contributed by atoms with Gasteiger partial charge >= 0.3 is 6.09 Å². The molecule has 1 aromatic heterocycles. The fraction of sp³-hybridized carbons (Fsp3) is 0.400. The van der Waals surface area contributed by atoms with Gasteiger partial charge in [-0.3, -0.25) is 4.90 Å². The highest BCUT2D eigenvalue weighted by Gasteiger charge is 2.30. The van der Waals surface area contributed by atoms with Crippen molar-refractivity contribution < 1.29 is 14.3 Å². The second-order valence-corrected chi connectivity index (χ2v) is 4.58. The van der Waals surface area contributed by atoms with Crippen LogP contribution in [-0.4, -0.2) is 21.7 Å². The van der Waals surface area contributed by atoms with Crippen molar-refractivity contribution in [2.24, 2.45) is 0 Å². The number of hydrogen-bond acceptors (Lipinski definition) is 2. The van der Waals surface area contributed by atoms with Gasteiger partial charge in [-0.05, 0) is 26.8 Å². The molecular formula is C10H12ClFN2O2. The molecule has 1 amide bonds. The van der Waals surface area contributed by atoms with Crippen LogP contribution in [0.3, 0.4) is 0 Å². The Morgan fingerprint density at radius 1 is 1.56 bits per heavy atom. The zero-order valence-corrected chi connectivity index (χ0v) is 9.92. The second kappa shape index (κ2) is 4.25. The van der Waals surface area contributed by atoms with Gasteiger partial charge in [-0.2, -0.15) is 0 Å². The zero-order valence-electron chi connectivity index (χ0n) is 9.16. The maximum absolute atomic E-state index is 13.6. The molecule has 0 spiro atoms. The maximum Gasteiger partial charge on any atom is 0.412 e. The molecule has 0 aliphatic carbocycles. The number of pyridine rings is 1. The molecule has 0 saturated heterocycles. The number of hydrogen-bond donors (Lipinski definition) is 1. The molecule has 0 aliphatic rings. The van der Waals surface area contributed by atoms with Crippen molar-refractivity contribution in [1.29, 1.82) is 0 Å². The summed E-state index contributed by atoms with van der Waals surface area (Å²) >= 11 is 5.51. The van der Waals surface area contributed by atoms with Gasteiger partial charge in [0.2, 0.25) is 0 Å². The Hall–Kier alpha value is -1.36. The van der Waals surface area contributed by atoms with Crippen molar-refractivity contribution in [3.8, 4) is 0 Å². The SMILES string of the molecule is CC(C)(C)N(C(=O)O)c1ccnc(Cl)c1F. The lowest BCUT2D eigenvalue weighted by Gasteiger charge is -2.33. The molecule has 4 nitrogen and oxygen atoms in total. The van der Waals surface area contributed by atoms with Crippen LogP contribution in [-0.2, 0) is 0 Å². The van der Waals surface area contributed by atoms with Crippen LogP contribution in [0.15, 0.2) is 12.3 Å². The quantitative estimate of drug-likeness (QED) is 0.775. The van der Waals surface area contributed by atoms with Gasteiger partial charge in [0.25, 0.3) is 0 Å². The third kappa shape index (κ3) is 2.41. The van der Waals surface area contributed by atoms with E-state index in [1.54, 1.807) is 20.8 Å². The Morgan fingerprint density at radius 3 is 2.56 bits per heavy atom. The van der Waals surface area contributed by atoms with Crippen molar-refractivity contribution >= 4 is 23.4 Å². The van der Waals surface area contributed by atoms with Gasteiger partial charge in [-0.25, -0.2) is 14.2 Å². The van der Waals surface area contributed by atoms with Crippen LogP contribution in [0, 0.1) is 5.82 Å². The van der Waals surface area contributed by atoms with Crippen LogP contribution in [0.1, 0.15) is 20.8 Å². The lowest BCUT2D eigenvalue weighted by molar-refractivity contribution is 0.195. The molecule has 0 atom stereocenters. The Morgan fingerprint density at radius 2 is 2.12 bits per heavy atom. The first-order chi connectivity index (χ1) is 7.25. The maximum atomic E-state index is 13.6. The van der Waals surface area contributed by atoms with E-state index in [-0.39, 0.29) is 10.8 Å². The van der Waals surface area contributed by atoms with E-state index in [1.165, 1.54) is 12.3 Å². The van der Waals surface area contributed by atoms with Crippen LogP contribution >= 0.6 is 11.6 Å². The highest BCUT2D eigenvalue weighted by Crippen LogP contribution is 2.29. The third-order valence-corrected chi connectivity index (χ3v) is 2.19. The Labute approximate surface area is 97.7 Å². The van der Waals surface area contributed by atoms with E-state index >= 15 is 0 Å². The fourth-order valence-electron chi connectivity index (χ4n) is 1.33. The molecule has 0 unspecified atom stereocenters. The molecule has 0 radical (unpaired) electrons. The summed E-state index contributed by atoms with van der Waals surface area (Å²) in [4.78, 5) is 15.6. The normalized spacial score (nSPS) is 11.3. The van der Waals surface area contributed by atoms with Gasteiger partial charge in [0.05, 0.1) is 5.69 Å². The van der Waals surface area contributed by atoms with Crippen LogP contribution in [0.2, 0.25) is 5.15 Å². The van der Waals surface area contributed by atoms with Crippen molar-refractivity contribution in [2.75, 3.05) is 4.90 Å². The number of halogens is 2.